The van der Waals surface area contributed by atoms with Gasteiger partial charge in [0.25, 0.3) is 0 Å². The molecule has 0 saturated heterocycles. The molecule has 0 radical (unpaired) electrons. The number of hydrogen-bond donors (Lipinski definition) is 1. The Hall–Kier alpha value is -1.12. The molecule has 2 heteroatoms. The van der Waals surface area contributed by atoms with Gasteiger partial charge in [0.2, 0.25) is 0 Å². The van der Waals surface area contributed by atoms with Crippen LogP contribution in [0.5, 0.6) is 0 Å². The van der Waals surface area contributed by atoms with Gasteiger partial charge in [-0.15, -0.1) is 0 Å². The number of benzene rings is 1. The molecule has 1 aromatic rings. The molecule has 0 bridgehead atoms. The Morgan fingerprint density at radius 2 is 2.00 bits per heavy atom. The lowest BCUT2D eigenvalue weighted by Crippen LogP contribution is -1.96. The van der Waals surface area contributed by atoms with Crippen LogP contribution in [0.4, 0.5) is 0 Å². The quantitative estimate of drug-likeness (QED) is 0.789. The van der Waals surface area contributed by atoms with Gasteiger partial charge < -0.3 is 5.73 Å². The second kappa shape index (κ2) is 4.81. The average molecular weight is 229 g/mol. The van der Waals surface area contributed by atoms with E-state index in [-0.39, 0.29) is 0 Å². The third-order valence-electron chi connectivity index (χ3n) is 3.13. The van der Waals surface area contributed by atoms with Gasteiger partial charge in [-0.2, -0.15) is 0 Å². The lowest BCUT2D eigenvalue weighted by molar-refractivity contribution is 1.07. The summed E-state index contributed by atoms with van der Waals surface area (Å²) in [5.41, 5.74) is 12.0. The fourth-order valence-corrected chi connectivity index (χ4v) is 2.73. The lowest BCUT2D eigenvalue weighted by Gasteiger charge is -2.11. The second-order valence-electron chi connectivity index (χ2n) is 4.60. The molecule has 0 amide bonds. The van der Waals surface area contributed by atoms with E-state index in [2.05, 4.69) is 43.3 Å². The topological polar surface area (TPSA) is 26.0 Å². The maximum Gasteiger partial charge on any atom is 0.0178 e. The fourth-order valence-electron chi connectivity index (χ4n) is 2.19. The molecule has 2 rings (SSSR count). The highest BCUT2D eigenvalue weighted by atomic mass is 28.1. The monoisotopic (exact) mass is 229 g/mol. The molecule has 1 unspecified atom stereocenters. The van der Waals surface area contributed by atoms with Crippen LogP contribution >= 0.6 is 0 Å². The van der Waals surface area contributed by atoms with Crippen LogP contribution < -0.4 is 5.73 Å². The normalized spacial score (nSPS) is 17.1. The summed E-state index contributed by atoms with van der Waals surface area (Å²) in [5.74, 6) is 0. The van der Waals surface area contributed by atoms with Gasteiger partial charge in [0, 0.05) is 16.8 Å². The summed E-state index contributed by atoms with van der Waals surface area (Å²) in [4.78, 5) is 0. The Balaban J connectivity index is 2.33. The zero-order valence-corrected chi connectivity index (χ0v) is 12.0. The molecule has 0 aliphatic heterocycles. The Bertz CT molecular complexity index is 427. The molecule has 1 aliphatic carbocycles. The summed E-state index contributed by atoms with van der Waals surface area (Å²) in [7, 11) is 1.22. The van der Waals surface area contributed by atoms with Gasteiger partial charge in [-0.1, -0.05) is 43.3 Å². The van der Waals surface area contributed by atoms with Crippen LogP contribution in [-0.4, -0.2) is 10.2 Å². The minimum Gasteiger partial charge on any atom is -0.326 e. The Morgan fingerprint density at radius 1 is 1.31 bits per heavy atom. The van der Waals surface area contributed by atoms with Crippen LogP contribution in [0, 0.1) is 0 Å². The Labute approximate surface area is 100 Å². The summed E-state index contributed by atoms with van der Waals surface area (Å²) < 4.78 is 0. The fraction of sp³-hybridized carbons (Fsp3) is 0.286. The Kier molecular flexibility index (Phi) is 3.41. The third-order valence-corrected chi connectivity index (χ3v) is 3.75. The summed E-state index contributed by atoms with van der Waals surface area (Å²) >= 11 is 0. The van der Waals surface area contributed by atoms with Crippen LogP contribution in [0.3, 0.4) is 0 Å². The summed E-state index contributed by atoms with van der Waals surface area (Å²) in [6, 6.07) is 8.68. The van der Waals surface area contributed by atoms with Crippen LogP contribution in [0.2, 0.25) is 5.54 Å². The predicted molar refractivity (Wildman–Crippen MR) is 74.4 cm³/mol. The van der Waals surface area contributed by atoms with E-state index in [4.69, 9.17) is 5.73 Å². The van der Waals surface area contributed by atoms with Gasteiger partial charge in [0.05, 0.1) is 0 Å². The molecule has 84 valence electrons. The van der Waals surface area contributed by atoms with E-state index in [1.165, 1.54) is 32.5 Å². The molecule has 2 N–H and O–H groups in total. The van der Waals surface area contributed by atoms with Crippen molar-refractivity contribution < 1.29 is 0 Å². The van der Waals surface area contributed by atoms with Gasteiger partial charge in [-0.3, -0.25) is 0 Å². The summed E-state index contributed by atoms with van der Waals surface area (Å²) in [6.07, 6.45) is 5.66. The van der Waals surface area contributed by atoms with Gasteiger partial charge in [0.1, 0.15) is 0 Å². The maximum atomic E-state index is 5.61. The number of allylic oxidation sites excluding steroid dienone is 4. The summed E-state index contributed by atoms with van der Waals surface area (Å²) in [5, 5.41) is 0. The Morgan fingerprint density at radius 3 is 2.56 bits per heavy atom. The first kappa shape index (κ1) is 11.4. The molecule has 0 heterocycles. The number of nitrogens with two attached hydrogens (primary N) is 1. The lowest BCUT2D eigenvalue weighted by atomic mass is 9.99. The standard InChI is InChI=1S/C14H19NSi/c1-10(16)13-3-2-4-14(13)12-7-5-11(9-15)6-8-12/h2-3,5-8,10H,4,9,15H2,1,16H3. The van der Waals surface area contributed by atoms with E-state index < -0.39 is 0 Å². The van der Waals surface area contributed by atoms with Crippen molar-refractivity contribution >= 4 is 15.8 Å². The molecular weight excluding hydrogens is 210 g/mol. The highest BCUT2D eigenvalue weighted by Gasteiger charge is 2.13. The zero-order valence-electron chi connectivity index (χ0n) is 10.0. The van der Waals surface area contributed by atoms with Crippen molar-refractivity contribution in [3.05, 3.63) is 53.1 Å². The van der Waals surface area contributed by atoms with E-state index in [9.17, 15) is 0 Å². The van der Waals surface area contributed by atoms with Crippen molar-refractivity contribution in [2.24, 2.45) is 5.73 Å². The number of hydrogen-bond acceptors (Lipinski definition) is 1. The van der Waals surface area contributed by atoms with Crippen molar-refractivity contribution in [2.75, 3.05) is 0 Å². The van der Waals surface area contributed by atoms with Gasteiger partial charge in [0.15, 0.2) is 0 Å². The second-order valence-corrected chi connectivity index (χ2v) is 6.33. The average Bonchev–Trinajstić information content (AvgIpc) is 2.78. The van der Waals surface area contributed by atoms with Crippen molar-refractivity contribution in [3.63, 3.8) is 0 Å². The first-order valence-corrected chi connectivity index (χ1v) is 7.07. The minimum atomic E-state index is 0.627. The van der Waals surface area contributed by atoms with E-state index in [1.807, 2.05) is 0 Å². The van der Waals surface area contributed by atoms with Crippen molar-refractivity contribution in [3.8, 4) is 0 Å². The van der Waals surface area contributed by atoms with Crippen LogP contribution in [0.25, 0.3) is 5.57 Å². The van der Waals surface area contributed by atoms with E-state index >= 15 is 0 Å². The predicted octanol–water partition coefficient (Wildman–Crippen LogP) is 2.03. The molecule has 1 atom stereocenters. The third kappa shape index (κ3) is 2.18. The largest absolute Gasteiger partial charge is 0.326 e. The van der Waals surface area contributed by atoms with E-state index in [0.29, 0.717) is 6.54 Å². The van der Waals surface area contributed by atoms with Gasteiger partial charge >= 0.3 is 0 Å². The maximum absolute atomic E-state index is 5.61. The smallest absolute Gasteiger partial charge is 0.0178 e. The molecule has 0 fully saturated rings. The SMILES string of the molecule is CC([SiH3])C1=C(c2ccc(CN)cc2)CC=C1. The van der Waals surface area contributed by atoms with Crippen LogP contribution in [0.15, 0.2) is 42.0 Å². The first-order valence-electron chi connectivity index (χ1n) is 5.91. The van der Waals surface area contributed by atoms with Crippen LogP contribution in [-0.2, 0) is 6.54 Å². The minimum absolute atomic E-state index is 0.627. The van der Waals surface area contributed by atoms with E-state index in [0.717, 1.165) is 12.0 Å². The molecule has 1 aromatic carbocycles. The molecule has 0 aromatic heterocycles. The molecular formula is C14H19NSi. The highest BCUT2D eigenvalue weighted by molar-refractivity contribution is 6.14. The molecule has 1 aliphatic rings. The zero-order chi connectivity index (χ0) is 11.5. The van der Waals surface area contributed by atoms with Crippen molar-refractivity contribution in [1.82, 2.24) is 0 Å². The van der Waals surface area contributed by atoms with Gasteiger partial charge in [-0.25, -0.2) is 0 Å². The first-order chi connectivity index (χ1) is 7.72. The van der Waals surface area contributed by atoms with Crippen molar-refractivity contribution in [1.29, 1.82) is 0 Å². The molecule has 0 saturated carbocycles. The van der Waals surface area contributed by atoms with Crippen molar-refractivity contribution in [2.45, 2.75) is 25.4 Å². The molecule has 0 spiro atoms. The highest BCUT2D eigenvalue weighted by Crippen LogP contribution is 2.34. The summed E-state index contributed by atoms with van der Waals surface area (Å²) in [6.45, 7) is 2.94. The van der Waals surface area contributed by atoms with Crippen LogP contribution in [0.1, 0.15) is 24.5 Å². The number of rotatable bonds is 3. The molecule has 1 nitrogen and oxygen atoms in total. The van der Waals surface area contributed by atoms with E-state index in [1.54, 1.807) is 0 Å². The molecule has 16 heavy (non-hydrogen) atoms. The van der Waals surface area contributed by atoms with Gasteiger partial charge in [-0.05, 0) is 34.2 Å².